The summed E-state index contributed by atoms with van der Waals surface area (Å²) in [5, 5.41) is 4.64. The van der Waals surface area contributed by atoms with E-state index in [1.807, 2.05) is 36.4 Å². The number of amides is 1. The molecule has 0 fully saturated rings. The maximum atomic E-state index is 12.0. The summed E-state index contributed by atoms with van der Waals surface area (Å²) in [4.78, 5) is 12.8. The molecule has 3 rings (SSSR count). The van der Waals surface area contributed by atoms with Gasteiger partial charge in [0.15, 0.2) is 0 Å². The Hall–Kier alpha value is -1.86. The van der Waals surface area contributed by atoms with Crippen LogP contribution in [0.5, 0.6) is 0 Å². The van der Waals surface area contributed by atoms with Crippen LogP contribution in [-0.4, -0.2) is 15.7 Å². The molecule has 0 aliphatic carbocycles. The van der Waals surface area contributed by atoms with Gasteiger partial charge in [-0.25, -0.2) is 0 Å². The number of nitrogens with zero attached hydrogens (tertiary/aromatic N) is 2. The Bertz CT molecular complexity index is 903. The normalized spacial score (nSPS) is 13.5. The van der Waals surface area contributed by atoms with Crippen LogP contribution >= 0.6 is 34.5 Å². The second-order valence-corrected chi connectivity index (χ2v) is 8.12. The molecular formula is C18H18Cl2N4OS. The number of aryl methyl sites for hydroxylation is 1. The predicted molar refractivity (Wildman–Crippen MR) is 106 cm³/mol. The SMILES string of the molecule is Cn1ncc(Cl)c1-c1cc(C(N)C(Cc2ccccc2)C(N)=O)sc1Cl. The molecule has 4 N–H and O–H groups in total. The van der Waals surface area contributed by atoms with Gasteiger partial charge in [-0.1, -0.05) is 53.5 Å². The zero-order valence-electron chi connectivity index (χ0n) is 14.0. The largest absolute Gasteiger partial charge is 0.369 e. The summed E-state index contributed by atoms with van der Waals surface area (Å²) in [7, 11) is 1.79. The lowest BCUT2D eigenvalue weighted by atomic mass is 9.91. The first-order chi connectivity index (χ1) is 12.4. The van der Waals surface area contributed by atoms with E-state index in [0.717, 1.165) is 16.0 Å². The van der Waals surface area contributed by atoms with Crippen molar-refractivity contribution in [2.45, 2.75) is 12.5 Å². The fraction of sp³-hybridized carbons (Fsp3) is 0.222. The Balaban J connectivity index is 1.92. The molecule has 8 heteroatoms. The van der Waals surface area contributed by atoms with Crippen molar-refractivity contribution in [3.63, 3.8) is 0 Å². The van der Waals surface area contributed by atoms with Crippen LogP contribution in [0.25, 0.3) is 11.3 Å². The van der Waals surface area contributed by atoms with E-state index in [9.17, 15) is 4.79 Å². The molecule has 136 valence electrons. The molecule has 2 atom stereocenters. The third-order valence-electron chi connectivity index (χ3n) is 4.28. The number of nitrogens with two attached hydrogens (primary N) is 2. The molecule has 3 aromatic rings. The van der Waals surface area contributed by atoms with E-state index in [2.05, 4.69) is 5.10 Å². The lowest BCUT2D eigenvalue weighted by Crippen LogP contribution is -2.34. The summed E-state index contributed by atoms with van der Waals surface area (Å²) in [6, 6.07) is 11.0. The predicted octanol–water partition coefficient (Wildman–Crippen LogP) is 3.80. The van der Waals surface area contributed by atoms with E-state index >= 15 is 0 Å². The minimum atomic E-state index is -0.559. The summed E-state index contributed by atoms with van der Waals surface area (Å²) in [6.07, 6.45) is 2.03. The van der Waals surface area contributed by atoms with Gasteiger partial charge in [0.05, 0.1) is 28.9 Å². The topological polar surface area (TPSA) is 86.9 Å². The molecule has 0 spiro atoms. The van der Waals surface area contributed by atoms with Crippen LogP contribution in [0.15, 0.2) is 42.6 Å². The van der Waals surface area contributed by atoms with Crippen molar-refractivity contribution in [2.24, 2.45) is 24.4 Å². The van der Waals surface area contributed by atoms with Gasteiger partial charge in [0, 0.05) is 17.5 Å². The van der Waals surface area contributed by atoms with Gasteiger partial charge >= 0.3 is 0 Å². The van der Waals surface area contributed by atoms with Crippen molar-refractivity contribution in [3.8, 4) is 11.3 Å². The highest BCUT2D eigenvalue weighted by molar-refractivity contribution is 7.17. The molecule has 2 unspecified atom stereocenters. The zero-order chi connectivity index (χ0) is 18.8. The third kappa shape index (κ3) is 3.78. The van der Waals surface area contributed by atoms with Crippen LogP contribution in [0.1, 0.15) is 16.5 Å². The Kier molecular flexibility index (Phi) is 5.67. The van der Waals surface area contributed by atoms with Gasteiger partial charge in [0.1, 0.15) is 4.34 Å². The van der Waals surface area contributed by atoms with Crippen molar-refractivity contribution in [1.29, 1.82) is 0 Å². The molecule has 26 heavy (non-hydrogen) atoms. The number of benzene rings is 1. The van der Waals surface area contributed by atoms with E-state index in [4.69, 9.17) is 34.7 Å². The molecule has 0 saturated carbocycles. The smallest absolute Gasteiger partial charge is 0.222 e. The number of rotatable bonds is 6. The van der Waals surface area contributed by atoms with Crippen LogP contribution in [-0.2, 0) is 18.3 Å². The Morgan fingerprint density at radius 1 is 1.31 bits per heavy atom. The minimum absolute atomic E-state index is 0.439. The van der Waals surface area contributed by atoms with Gasteiger partial charge < -0.3 is 11.5 Å². The number of carbonyl (C=O) groups excluding carboxylic acids is 1. The first-order valence-corrected chi connectivity index (χ1v) is 9.51. The van der Waals surface area contributed by atoms with Crippen LogP contribution in [0, 0.1) is 5.92 Å². The molecule has 2 aromatic heterocycles. The van der Waals surface area contributed by atoms with Crippen molar-refractivity contribution < 1.29 is 4.79 Å². The molecular weight excluding hydrogens is 391 g/mol. The van der Waals surface area contributed by atoms with E-state index in [-0.39, 0.29) is 0 Å². The first-order valence-electron chi connectivity index (χ1n) is 7.94. The maximum Gasteiger partial charge on any atom is 0.222 e. The average molecular weight is 409 g/mol. The number of carbonyl (C=O) groups is 1. The second kappa shape index (κ2) is 7.80. The number of aromatic nitrogens is 2. The summed E-state index contributed by atoms with van der Waals surface area (Å²) >= 11 is 14.0. The van der Waals surface area contributed by atoms with Crippen molar-refractivity contribution in [3.05, 3.63) is 62.4 Å². The minimum Gasteiger partial charge on any atom is -0.369 e. The third-order valence-corrected chi connectivity index (χ3v) is 6.02. The van der Waals surface area contributed by atoms with Crippen LogP contribution in [0.3, 0.4) is 0 Å². The Morgan fingerprint density at radius 3 is 2.58 bits per heavy atom. The maximum absolute atomic E-state index is 12.0. The fourth-order valence-corrected chi connectivity index (χ4v) is 4.53. The highest BCUT2D eigenvalue weighted by atomic mass is 35.5. The molecule has 2 heterocycles. The van der Waals surface area contributed by atoms with Gasteiger partial charge in [-0.3, -0.25) is 9.48 Å². The van der Waals surface area contributed by atoms with Crippen LogP contribution < -0.4 is 11.5 Å². The highest BCUT2D eigenvalue weighted by Gasteiger charge is 2.28. The molecule has 5 nitrogen and oxygen atoms in total. The molecule has 1 amide bonds. The highest BCUT2D eigenvalue weighted by Crippen LogP contribution is 2.41. The van der Waals surface area contributed by atoms with Gasteiger partial charge in [-0.05, 0) is 18.1 Å². The van der Waals surface area contributed by atoms with E-state index in [0.29, 0.717) is 21.5 Å². The summed E-state index contributed by atoms with van der Waals surface area (Å²) in [5.41, 5.74) is 14.5. The number of hydrogen-bond acceptors (Lipinski definition) is 4. The van der Waals surface area contributed by atoms with E-state index in [1.54, 1.807) is 17.9 Å². The number of halogens is 2. The summed E-state index contributed by atoms with van der Waals surface area (Å²) < 4.78 is 2.20. The lowest BCUT2D eigenvalue weighted by molar-refractivity contribution is -0.122. The number of hydrogen-bond donors (Lipinski definition) is 2. The molecule has 0 aliphatic heterocycles. The van der Waals surface area contributed by atoms with E-state index < -0.39 is 17.9 Å². The number of thiophene rings is 1. The number of primary amides is 1. The summed E-state index contributed by atoms with van der Waals surface area (Å²) in [5.74, 6) is -0.979. The second-order valence-electron chi connectivity index (χ2n) is 6.03. The fourth-order valence-electron chi connectivity index (χ4n) is 2.90. The molecule has 0 bridgehead atoms. The molecule has 0 aliphatic rings. The van der Waals surface area contributed by atoms with Crippen molar-refractivity contribution >= 4 is 40.4 Å². The summed E-state index contributed by atoms with van der Waals surface area (Å²) in [6.45, 7) is 0. The van der Waals surface area contributed by atoms with Crippen LogP contribution in [0.2, 0.25) is 9.36 Å². The van der Waals surface area contributed by atoms with Gasteiger partial charge in [0.2, 0.25) is 5.91 Å². The standard InChI is InChI=1S/C18H18Cl2N4OS/c1-24-16(13(19)9-23-24)12-8-14(26-17(12)20)15(21)11(18(22)25)7-10-5-3-2-4-6-10/h2-6,8-9,11,15H,7,21H2,1H3,(H2,22,25). The van der Waals surface area contributed by atoms with Gasteiger partial charge in [-0.15, -0.1) is 11.3 Å². The van der Waals surface area contributed by atoms with Crippen molar-refractivity contribution in [1.82, 2.24) is 9.78 Å². The zero-order valence-corrected chi connectivity index (χ0v) is 16.4. The Labute approximate surface area is 165 Å². The molecule has 1 aromatic carbocycles. The molecule has 0 radical (unpaired) electrons. The van der Waals surface area contributed by atoms with Crippen molar-refractivity contribution in [2.75, 3.05) is 0 Å². The van der Waals surface area contributed by atoms with Gasteiger partial charge in [-0.2, -0.15) is 5.10 Å². The molecule has 0 saturated heterocycles. The lowest BCUT2D eigenvalue weighted by Gasteiger charge is -2.20. The Morgan fingerprint density at radius 2 is 2.00 bits per heavy atom. The van der Waals surface area contributed by atoms with E-state index in [1.165, 1.54) is 11.3 Å². The van der Waals surface area contributed by atoms with Gasteiger partial charge in [0.25, 0.3) is 0 Å². The first kappa shape index (κ1) is 18.9. The average Bonchev–Trinajstić information content (AvgIpc) is 3.15. The van der Waals surface area contributed by atoms with Crippen LogP contribution in [0.4, 0.5) is 0 Å². The quantitative estimate of drug-likeness (QED) is 0.649. The monoisotopic (exact) mass is 408 g/mol.